The molecule has 23 heavy (non-hydrogen) atoms. The summed E-state index contributed by atoms with van der Waals surface area (Å²) in [6.45, 7) is 5.93. The first-order chi connectivity index (χ1) is 11.1. The van der Waals surface area contributed by atoms with E-state index in [2.05, 4.69) is 29.4 Å². The number of hydrazone groups is 1. The molecule has 2 N–H and O–H groups in total. The number of hydrogen-bond acceptors (Lipinski definition) is 3. The SMILES string of the molecule is CC(=NNC(=O)c1[nH]c2ccccc2c1C(C)C)c1ccco1. The Kier molecular flexibility index (Phi) is 4.02. The molecular weight excluding hydrogens is 290 g/mol. The molecule has 0 saturated heterocycles. The monoisotopic (exact) mass is 309 g/mol. The van der Waals surface area contributed by atoms with Crippen molar-refractivity contribution in [3.63, 3.8) is 0 Å². The standard InChI is InChI=1S/C18H19N3O2/c1-11(2)16-13-7-4-5-8-14(13)19-17(16)18(22)21-20-12(3)15-9-6-10-23-15/h4-11,19H,1-3H3,(H,21,22). The Morgan fingerprint density at radius 2 is 2.00 bits per heavy atom. The van der Waals surface area contributed by atoms with Crippen molar-refractivity contribution in [2.75, 3.05) is 0 Å². The highest BCUT2D eigenvalue weighted by Crippen LogP contribution is 2.29. The van der Waals surface area contributed by atoms with Crippen molar-refractivity contribution in [3.05, 3.63) is 59.7 Å². The summed E-state index contributed by atoms with van der Waals surface area (Å²) in [6, 6.07) is 11.5. The lowest BCUT2D eigenvalue weighted by Crippen LogP contribution is -2.21. The van der Waals surface area contributed by atoms with Crippen LogP contribution in [0.25, 0.3) is 10.9 Å². The molecule has 5 heteroatoms. The number of aromatic amines is 1. The molecule has 0 atom stereocenters. The molecule has 0 unspecified atom stereocenters. The van der Waals surface area contributed by atoms with Crippen LogP contribution in [0.2, 0.25) is 0 Å². The topological polar surface area (TPSA) is 70.4 Å². The second-order valence-corrected chi connectivity index (χ2v) is 5.73. The number of fused-ring (bicyclic) bond motifs is 1. The van der Waals surface area contributed by atoms with Crippen LogP contribution >= 0.6 is 0 Å². The molecule has 0 radical (unpaired) electrons. The van der Waals surface area contributed by atoms with E-state index in [-0.39, 0.29) is 11.8 Å². The van der Waals surface area contributed by atoms with Crippen molar-refractivity contribution in [2.45, 2.75) is 26.7 Å². The van der Waals surface area contributed by atoms with Gasteiger partial charge < -0.3 is 9.40 Å². The number of carbonyl (C=O) groups is 1. The Morgan fingerprint density at radius 1 is 1.22 bits per heavy atom. The van der Waals surface area contributed by atoms with Gasteiger partial charge in [0.15, 0.2) is 0 Å². The number of para-hydroxylation sites is 1. The number of benzene rings is 1. The average Bonchev–Trinajstić information content (AvgIpc) is 3.19. The van der Waals surface area contributed by atoms with Crippen LogP contribution in [-0.4, -0.2) is 16.6 Å². The van der Waals surface area contributed by atoms with Gasteiger partial charge in [0.05, 0.1) is 6.26 Å². The molecule has 0 bridgehead atoms. The lowest BCUT2D eigenvalue weighted by atomic mass is 9.99. The molecule has 0 aliphatic heterocycles. The quantitative estimate of drug-likeness (QED) is 0.564. The minimum atomic E-state index is -0.254. The van der Waals surface area contributed by atoms with Crippen LogP contribution in [0.4, 0.5) is 0 Å². The third-order valence-electron chi connectivity index (χ3n) is 3.75. The number of hydrogen-bond donors (Lipinski definition) is 2. The molecule has 0 fully saturated rings. The molecule has 118 valence electrons. The second-order valence-electron chi connectivity index (χ2n) is 5.73. The third-order valence-corrected chi connectivity index (χ3v) is 3.75. The van der Waals surface area contributed by atoms with Gasteiger partial charge in [-0.1, -0.05) is 32.0 Å². The summed E-state index contributed by atoms with van der Waals surface area (Å²) in [5, 5.41) is 5.19. The maximum absolute atomic E-state index is 12.5. The van der Waals surface area contributed by atoms with E-state index in [0.717, 1.165) is 16.5 Å². The molecular formula is C18H19N3O2. The first-order valence-corrected chi connectivity index (χ1v) is 7.57. The van der Waals surface area contributed by atoms with Crippen LogP contribution < -0.4 is 5.43 Å². The zero-order valence-corrected chi connectivity index (χ0v) is 13.4. The summed E-state index contributed by atoms with van der Waals surface area (Å²) in [4.78, 5) is 15.7. The summed E-state index contributed by atoms with van der Waals surface area (Å²) >= 11 is 0. The zero-order valence-electron chi connectivity index (χ0n) is 13.4. The Balaban J connectivity index is 1.92. The van der Waals surface area contributed by atoms with Crippen LogP contribution in [0, 0.1) is 0 Å². The van der Waals surface area contributed by atoms with Crippen molar-refractivity contribution in [2.24, 2.45) is 5.10 Å². The van der Waals surface area contributed by atoms with Gasteiger partial charge in [0.2, 0.25) is 0 Å². The number of furan rings is 1. The number of H-pyrrole nitrogens is 1. The van der Waals surface area contributed by atoms with Gasteiger partial charge in [-0.25, -0.2) is 5.43 Å². The molecule has 1 aromatic carbocycles. The van der Waals surface area contributed by atoms with Crippen LogP contribution in [-0.2, 0) is 0 Å². The van der Waals surface area contributed by atoms with E-state index >= 15 is 0 Å². The predicted octanol–water partition coefficient (Wildman–Crippen LogP) is 4.04. The van der Waals surface area contributed by atoms with Crippen molar-refractivity contribution in [1.29, 1.82) is 0 Å². The summed E-state index contributed by atoms with van der Waals surface area (Å²) < 4.78 is 5.25. The van der Waals surface area contributed by atoms with Crippen molar-refractivity contribution >= 4 is 22.5 Å². The Labute approximate surface area is 134 Å². The number of nitrogens with one attached hydrogen (secondary N) is 2. The molecule has 1 amide bonds. The molecule has 0 spiro atoms. The lowest BCUT2D eigenvalue weighted by molar-refractivity contribution is 0.0949. The first kappa shape index (κ1) is 15.1. The number of aromatic nitrogens is 1. The van der Waals surface area contributed by atoms with Crippen LogP contribution in [0.3, 0.4) is 0 Å². The second kappa shape index (κ2) is 6.12. The summed E-state index contributed by atoms with van der Waals surface area (Å²) in [6.07, 6.45) is 1.57. The lowest BCUT2D eigenvalue weighted by Gasteiger charge is -2.07. The van der Waals surface area contributed by atoms with E-state index < -0.39 is 0 Å². The van der Waals surface area contributed by atoms with Gasteiger partial charge in [0.25, 0.3) is 5.91 Å². The van der Waals surface area contributed by atoms with Crippen LogP contribution in [0.1, 0.15) is 48.5 Å². The average molecular weight is 309 g/mol. The highest BCUT2D eigenvalue weighted by Gasteiger charge is 2.19. The van der Waals surface area contributed by atoms with Gasteiger partial charge in [-0.05, 0) is 36.6 Å². The van der Waals surface area contributed by atoms with E-state index in [9.17, 15) is 4.79 Å². The van der Waals surface area contributed by atoms with E-state index in [1.54, 1.807) is 25.3 Å². The van der Waals surface area contributed by atoms with Crippen LogP contribution in [0.15, 0.2) is 52.2 Å². The first-order valence-electron chi connectivity index (χ1n) is 7.57. The molecule has 2 aromatic heterocycles. The number of carbonyl (C=O) groups excluding carboxylic acids is 1. The molecule has 0 aliphatic rings. The van der Waals surface area contributed by atoms with Gasteiger partial charge >= 0.3 is 0 Å². The number of amides is 1. The Hall–Kier alpha value is -2.82. The Morgan fingerprint density at radius 3 is 2.70 bits per heavy atom. The maximum atomic E-state index is 12.5. The largest absolute Gasteiger partial charge is 0.463 e. The summed E-state index contributed by atoms with van der Waals surface area (Å²) in [7, 11) is 0. The minimum absolute atomic E-state index is 0.224. The molecule has 3 rings (SSSR count). The number of nitrogens with zero attached hydrogens (tertiary/aromatic N) is 1. The van der Waals surface area contributed by atoms with Gasteiger partial charge in [-0.2, -0.15) is 5.10 Å². The fraction of sp³-hybridized carbons (Fsp3) is 0.222. The van der Waals surface area contributed by atoms with Gasteiger partial charge in [-0.3, -0.25) is 4.79 Å². The molecule has 2 heterocycles. The van der Waals surface area contributed by atoms with E-state index in [1.165, 1.54) is 0 Å². The highest BCUT2D eigenvalue weighted by atomic mass is 16.3. The number of rotatable bonds is 4. The van der Waals surface area contributed by atoms with Crippen molar-refractivity contribution in [3.8, 4) is 0 Å². The highest BCUT2D eigenvalue weighted by molar-refractivity contribution is 6.02. The van der Waals surface area contributed by atoms with Gasteiger partial charge in [-0.15, -0.1) is 0 Å². The minimum Gasteiger partial charge on any atom is -0.463 e. The zero-order chi connectivity index (χ0) is 16.4. The van der Waals surface area contributed by atoms with Crippen molar-refractivity contribution in [1.82, 2.24) is 10.4 Å². The van der Waals surface area contributed by atoms with E-state index in [1.807, 2.05) is 24.3 Å². The molecule has 3 aromatic rings. The normalized spacial score (nSPS) is 12.1. The van der Waals surface area contributed by atoms with Crippen LogP contribution in [0.5, 0.6) is 0 Å². The third kappa shape index (κ3) is 2.90. The van der Waals surface area contributed by atoms with Gasteiger partial charge in [0, 0.05) is 10.9 Å². The van der Waals surface area contributed by atoms with E-state index in [0.29, 0.717) is 17.2 Å². The summed E-state index contributed by atoms with van der Waals surface area (Å²) in [5.74, 6) is 0.601. The van der Waals surface area contributed by atoms with E-state index in [4.69, 9.17) is 4.42 Å². The van der Waals surface area contributed by atoms with Gasteiger partial charge in [0.1, 0.15) is 17.2 Å². The molecule has 0 saturated carbocycles. The maximum Gasteiger partial charge on any atom is 0.288 e. The molecule has 5 nitrogen and oxygen atoms in total. The summed E-state index contributed by atoms with van der Waals surface area (Å²) in [5.41, 5.74) is 5.73. The predicted molar refractivity (Wildman–Crippen MR) is 90.8 cm³/mol. The van der Waals surface area contributed by atoms with Crippen molar-refractivity contribution < 1.29 is 9.21 Å². The fourth-order valence-electron chi connectivity index (χ4n) is 2.67. The fourth-order valence-corrected chi connectivity index (χ4v) is 2.67. The Bertz CT molecular complexity index is 858. The smallest absolute Gasteiger partial charge is 0.288 e. The molecule has 0 aliphatic carbocycles.